The highest BCUT2D eigenvalue weighted by atomic mass is 35.5. The largest absolute Gasteiger partial charge is 0.478 e. The Morgan fingerprint density at radius 1 is 1.48 bits per heavy atom. The molecule has 0 aliphatic heterocycles. The predicted octanol–water partition coefficient (Wildman–Crippen LogP) is 2.84. The zero-order chi connectivity index (χ0) is 16.4. The van der Waals surface area contributed by atoms with Crippen molar-refractivity contribution in [2.24, 2.45) is 5.92 Å². The molecule has 21 heavy (non-hydrogen) atoms. The molecule has 118 valence electrons. The van der Waals surface area contributed by atoms with Crippen LogP contribution in [0, 0.1) is 11.7 Å². The lowest BCUT2D eigenvalue weighted by Gasteiger charge is -2.21. The summed E-state index contributed by atoms with van der Waals surface area (Å²) in [6.07, 6.45) is 0.762. The number of benzene rings is 1. The Morgan fingerprint density at radius 3 is 2.52 bits per heavy atom. The second kappa shape index (κ2) is 6.72. The van der Waals surface area contributed by atoms with Gasteiger partial charge in [-0.1, -0.05) is 31.9 Å². The Labute approximate surface area is 128 Å². The quantitative estimate of drug-likeness (QED) is 0.866. The summed E-state index contributed by atoms with van der Waals surface area (Å²) < 4.78 is 39.9. The highest BCUT2D eigenvalue weighted by molar-refractivity contribution is 7.89. The van der Waals surface area contributed by atoms with Crippen molar-refractivity contribution in [2.75, 3.05) is 13.6 Å². The molecular weight excluding hydrogens is 321 g/mol. The molecular formula is C13H17ClFNO4S. The molecule has 0 heterocycles. The lowest BCUT2D eigenvalue weighted by molar-refractivity contribution is 0.0691. The van der Waals surface area contributed by atoms with E-state index >= 15 is 0 Å². The van der Waals surface area contributed by atoms with Crippen LogP contribution in [0.15, 0.2) is 17.0 Å². The van der Waals surface area contributed by atoms with Crippen molar-refractivity contribution < 1.29 is 22.7 Å². The van der Waals surface area contributed by atoms with Gasteiger partial charge in [0.25, 0.3) is 0 Å². The van der Waals surface area contributed by atoms with E-state index in [0.717, 1.165) is 22.9 Å². The number of rotatable bonds is 6. The van der Waals surface area contributed by atoms with Crippen molar-refractivity contribution in [3.63, 3.8) is 0 Å². The fourth-order valence-corrected chi connectivity index (χ4v) is 3.42. The number of halogens is 2. The summed E-state index contributed by atoms with van der Waals surface area (Å²) in [5.41, 5.74) is -0.766. The molecule has 1 aromatic carbocycles. The zero-order valence-electron chi connectivity index (χ0n) is 11.9. The van der Waals surface area contributed by atoms with E-state index in [4.69, 9.17) is 16.7 Å². The minimum atomic E-state index is -4.14. The summed E-state index contributed by atoms with van der Waals surface area (Å²) >= 11 is 5.70. The topological polar surface area (TPSA) is 74.7 Å². The van der Waals surface area contributed by atoms with E-state index < -0.39 is 32.3 Å². The number of carboxylic acids is 1. The molecule has 1 N–H and O–H groups in total. The van der Waals surface area contributed by atoms with Crippen LogP contribution in [-0.2, 0) is 10.0 Å². The Kier molecular flexibility index (Phi) is 5.72. The van der Waals surface area contributed by atoms with Crippen molar-refractivity contribution in [3.05, 3.63) is 28.5 Å². The van der Waals surface area contributed by atoms with Crippen LogP contribution in [0.1, 0.15) is 30.6 Å². The third-order valence-corrected chi connectivity index (χ3v) is 5.23. The van der Waals surface area contributed by atoms with Gasteiger partial charge in [0.2, 0.25) is 10.0 Å². The summed E-state index contributed by atoms with van der Waals surface area (Å²) in [5.74, 6) is -2.79. The average Bonchev–Trinajstić information content (AvgIpc) is 2.40. The Hall–Kier alpha value is -1.18. The van der Waals surface area contributed by atoms with Gasteiger partial charge < -0.3 is 5.11 Å². The molecule has 0 fully saturated rings. The first-order chi connectivity index (χ1) is 9.61. The third-order valence-electron chi connectivity index (χ3n) is 3.19. The Morgan fingerprint density at radius 2 is 2.05 bits per heavy atom. The molecule has 0 aromatic heterocycles. The van der Waals surface area contributed by atoms with Crippen LogP contribution in [0.2, 0.25) is 5.02 Å². The van der Waals surface area contributed by atoms with Gasteiger partial charge in [0, 0.05) is 18.6 Å². The average molecular weight is 338 g/mol. The summed E-state index contributed by atoms with van der Waals surface area (Å²) in [4.78, 5) is 10.2. The van der Waals surface area contributed by atoms with Crippen LogP contribution in [0.25, 0.3) is 0 Å². The normalized spacial score (nSPS) is 13.4. The van der Waals surface area contributed by atoms with Crippen molar-refractivity contribution in [1.82, 2.24) is 4.31 Å². The fraction of sp³-hybridized carbons (Fsp3) is 0.462. The molecule has 1 atom stereocenters. The molecule has 0 saturated heterocycles. The zero-order valence-corrected chi connectivity index (χ0v) is 13.5. The summed E-state index contributed by atoms with van der Waals surface area (Å²) in [6, 6.07) is 1.80. The maximum absolute atomic E-state index is 14.1. The fourth-order valence-electron chi connectivity index (χ4n) is 1.74. The van der Waals surface area contributed by atoms with Crippen LogP contribution in [-0.4, -0.2) is 37.4 Å². The second-order valence-electron chi connectivity index (χ2n) is 4.87. The van der Waals surface area contributed by atoms with E-state index in [1.165, 1.54) is 7.05 Å². The highest BCUT2D eigenvalue weighted by Crippen LogP contribution is 2.26. The summed E-state index contributed by atoms with van der Waals surface area (Å²) in [7, 11) is -2.82. The number of hydrogen-bond acceptors (Lipinski definition) is 3. The highest BCUT2D eigenvalue weighted by Gasteiger charge is 2.29. The molecule has 1 unspecified atom stereocenters. The van der Waals surface area contributed by atoms with Gasteiger partial charge in [0.1, 0.15) is 4.90 Å². The molecule has 0 bridgehead atoms. The minimum Gasteiger partial charge on any atom is -0.478 e. The summed E-state index contributed by atoms with van der Waals surface area (Å²) in [6.45, 7) is 3.98. The monoisotopic (exact) mass is 337 g/mol. The van der Waals surface area contributed by atoms with Crippen molar-refractivity contribution in [3.8, 4) is 0 Å². The number of hydrogen-bond donors (Lipinski definition) is 1. The number of aromatic carboxylic acids is 1. The van der Waals surface area contributed by atoms with E-state index in [2.05, 4.69) is 0 Å². The van der Waals surface area contributed by atoms with Gasteiger partial charge in [-0.05, 0) is 18.1 Å². The van der Waals surface area contributed by atoms with Gasteiger partial charge in [-0.25, -0.2) is 21.9 Å². The molecule has 0 aliphatic carbocycles. The number of sulfonamides is 1. The van der Waals surface area contributed by atoms with Crippen molar-refractivity contribution in [1.29, 1.82) is 0 Å². The third kappa shape index (κ3) is 3.93. The molecule has 1 rings (SSSR count). The standard InChI is InChI=1S/C13H17ClFNO4S/c1-4-8(2)7-16(3)21(19,20)11-6-9(14)5-10(12(11)15)13(17)18/h5-6,8H,4,7H2,1-3H3,(H,17,18). The van der Waals surface area contributed by atoms with Crippen molar-refractivity contribution >= 4 is 27.6 Å². The van der Waals surface area contributed by atoms with Crippen LogP contribution >= 0.6 is 11.6 Å². The van der Waals surface area contributed by atoms with Crippen LogP contribution in [0.3, 0.4) is 0 Å². The van der Waals surface area contributed by atoms with Gasteiger partial charge >= 0.3 is 5.97 Å². The molecule has 5 nitrogen and oxygen atoms in total. The maximum atomic E-state index is 14.1. The summed E-state index contributed by atoms with van der Waals surface area (Å²) in [5, 5.41) is 8.75. The molecule has 0 saturated carbocycles. The SMILES string of the molecule is CCC(C)CN(C)S(=O)(=O)c1cc(Cl)cc(C(=O)O)c1F. The van der Waals surface area contributed by atoms with Gasteiger partial charge in [-0.3, -0.25) is 0 Å². The minimum absolute atomic E-state index is 0.0889. The van der Waals surface area contributed by atoms with Crippen LogP contribution in [0.4, 0.5) is 4.39 Å². The molecule has 8 heteroatoms. The first kappa shape index (κ1) is 17.9. The van der Waals surface area contributed by atoms with Crippen molar-refractivity contribution in [2.45, 2.75) is 25.2 Å². The first-order valence-electron chi connectivity index (χ1n) is 6.29. The Bertz CT molecular complexity index is 648. The van der Waals surface area contributed by atoms with Crippen LogP contribution < -0.4 is 0 Å². The lowest BCUT2D eigenvalue weighted by atomic mass is 10.1. The lowest BCUT2D eigenvalue weighted by Crippen LogP contribution is -2.32. The molecule has 0 radical (unpaired) electrons. The van der Waals surface area contributed by atoms with E-state index in [0.29, 0.717) is 0 Å². The molecule has 0 aliphatic rings. The van der Waals surface area contributed by atoms with E-state index in [1.807, 2.05) is 13.8 Å². The predicted molar refractivity (Wildman–Crippen MR) is 77.6 cm³/mol. The molecule has 0 amide bonds. The number of carboxylic acid groups (broad SMARTS) is 1. The van der Waals surface area contributed by atoms with Gasteiger partial charge in [-0.2, -0.15) is 0 Å². The molecule has 1 aromatic rings. The Balaban J connectivity index is 3.35. The van der Waals surface area contributed by atoms with E-state index in [1.54, 1.807) is 0 Å². The number of carbonyl (C=O) groups is 1. The van der Waals surface area contributed by atoms with Gasteiger partial charge in [-0.15, -0.1) is 0 Å². The van der Waals surface area contributed by atoms with E-state index in [9.17, 15) is 17.6 Å². The second-order valence-corrected chi connectivity index (χ2v) is 7.32. The number of nitrogens with zero attached hydrogens (tertiary/aromatic N) is 1. The smallest absolute Gasteiger partial charge is 0.338 e. The van der Waals surface area contributed by atoms with Gasteiger partial charge in [0.15, 0.2) is 5.82 Å². The van der Waals surface area contributed by atoms with E-state index in [-0.39, 0.29) is 17.5 Å². The maximum Gasteiger partial charge on any atom is 0.338 e. The van der Waals surface area contributed by atoms with Gasteiger partial charge in [0.05, 0.1) is 5.56 Å². The molecule has 0 spiro atoms. The van der Waals surface area contributed by atoms with Crippen LogP contribution in [0.5, 0.6) is 0 Å². The first-order valence-corrected chi connectivity index (χ1v) is 8.11.